The first kappa shape index (κ1) is 14.4. The zero-order chi connectivity index (χ0) is 12.1. The number of carbonyl (C=O) groups excluding carboxylic acids is 1. The second-order valence-electron chi connectivity index (χ2n) is 3.94. The normalized spacial score (nSPS) is 13.9. The molecule has 0 amide bonds. The van der Waals surface area contributed by atoms with Crippen molar-refractivity contribution in [2.24, 2.45) is 5.92 Å². The van der Waals surface area contributed by atoms with Crippen molar-refractivity contribution < 1.29 is 17.9 Å². The van der Waals surface area contributed by atoms with E-state index in [0.717, 1.165) is 0 Å². The van der Waals surface area contributed by atoms with E-state index in [-0.39, 0.29) is 12.4 Å². The molecule has 0 N–H and O–H groups in total. The molecule has 1 unspecified atom stereocenters. The zero-order valence-electron chi connectivity index (χ0n) is 9.82. The van der Waals surface area contributed by atoms with Crippen LogP contribution in [-0.2, 0) is 19.4 Å². The molecule has 0 bridgehead atoms. The Morgan fingerprint density at radius 1 is 1.27 bits per heavy atom. The van der Waals surface area contributed by atoms with Gasteiger partial charge in [-0.25, -0.2) is 8.42 Å². The third-order valence-electron chi connectivity index (χ3n) is 2.14. The van der Waals surface area contributed by atoms with Crippen LogP contribution in [0.4, 0.5) is 0 Å². The fourth-order valence-corrected chi connectivity index (χ4v) is 2.50. The second kappa shape index (κ2) is 6.10. The summed E-state index contributed by atoms with van der Waals surface area (Å²) < 4.78 is 28.0. The van der Waals surface area contributed by atoms with Crippen LogP contribution in [0.2, 0.25) is 0 Å². The number of hydrogen-bond acceptors (Lipinski definition) is 4. The summed E-state index contributed by atoms with van der Waals surface area (Å²) in [6.45, 7) is 7.15. The van der Waals surface area contributed by atoms with E-state index >= 15 is 0 Å². The molecule has 0 aromatic carbocycles. The Hall–Kier alpha value is -0.580. The summed E-state index contributed by atoms with van der Waals surface area (Å²) in [5.74, 6) is -0.291. The van der Waals surface area contributed by atoms with Crippen LogP contribution in [0.1, 0.15) is 34.1 Å². The van der Waals surface area contributed by atoms with Crippen LogP contribution in [0.3, 0.4) is 0 Å². The minimum Gasteiger partial charge on any atom is -0.465 e. The van der Waals surface area contributed by atoms with Gasteiger partial charge in [-0.3, -0.25) is 4.79 Å². The minimum atomic E-state index is -3.35. The van der Waals surface area contributed by atoms with E-state index in [1.807, 2.05) is 13.8 Å². The van der Waals surface area contributed by atoms with E-state index in [0.29, 0.717) is 12.3 Å². The summed E-state index contributed by atoms with van der Waals surface area (Å²) in [6, 6.07) is 0. The van der Waals surface area contributed by atoms with Gasteiger partial charge in [0.1, 0.15) is 0 Å². The first-order valence-electron chi connectivity index (χ1n) is 5.19. The Morgan fingerprint density at radius 2 is 1.80 bits per heavy atom. The van der Waals surface area contributed by atoms with Crippen LogP contribution >= 0.6 is 0 Å². The summed E-state index contributed by atoms with van der Waals surface area (Å²) >= 11 is 0. The predicted octanol–water partition coefficient (Wildman–Crippen LogP) is 1.40. The monoisotopic (exact) mass is 236 g/mol. The quantitative estimate of drug-likeness (QED) is 0.654. The molecule has 0 aliphatic rings. The second-order valence-corrected chi connectivity index (χ2v) is 6.38. The van der Waals surface area contributed by atoms with E-state index in [1.54, 1.807) is 6.92 Å². The van der Waals surface area contributed by atoms with E-state index < -0.39 is 21.1 Å². The van der Waals surface area contributed by atoms with Gasteiger partial charge >= 0.3 is 5.97 Å². The van der Waals surface area contributed by atoms with Gasteiger partial charge in [-0.2, -0.15) is 0 Å². The maximum Gasteiger partial charge on any atom is 0.324 e. The summed E-state index contributed by atoms with van der Waals surface area (Å²) in [6.07, 6.45) is 0.575. The van der Waals surface area contributed by atoms with Crippen molar-refractivity contribution in [3.63, 3.8) is 0 Å². The molecule has 0 aliphatic carbocycles. The van der Waals surface area contributed by atoms with Crippen LogP contribution in [-0.4, -0.2) is 32.0 Å². The molecule has 0 saturated carbocycles. The van der Waals surface area contributed by atoms with Crippen molar-refractivity contribution in [3.8, 4) is 0 Å². The highest BCUT2D eigenvalue weighted by Crippen LogP contribution is 2.09. The van der Waals surface area contributed by atoms with Crippen molar-refractivity contribution in [2.45, 2.75) is 39.4 Å². The lowest BCUT2D eigenvalue weighted by Crippen LogP contribution is -2.31. The lowest BCUT2D eigenvalue weighted by molar-refractivity contribution is -0.142. The number of ether oxygens (including phenoxy) is 1. The van der Waals surface area contributed by atoms with Crippen LogP contribution in [0.15, 0.2) is 0 Å². The molecule has 0 saturated heterocycles. The molecule has 0 spiro atoms. The van der Waals surface area contributed by atoms with Gasteiger partial charge in [0, 0.05) is 0 Å². The first-order valence-corrected chi connectivity index (χ1v) is 6.91. The highest BCUT2D eigenvalue weighted by atomic mass is 32.2. The Kier molecular flexibility index (Phi) is 5.87. The maximum absolute atomic E-state index is 11.7. The largest absolute Gasteiger partial charge is 0.465 e. The molecule has 90 valence electrons. The first-order chi connectivity index (χ1) is 6.81. The Morgan fingerprint density at radius 3 is 2.20 bits per heavy atom. The Labute approximate surface area is 91.9 Å². The van der Waals surface area contributed by atoms with E-state index in [4.69, 9.17) is 0 Å². The highest BCUT2D eigenvalue weighted by molar-refractivity contribution is 7.92. The van der Waals surface area contributed by atoms with Gasteiger partial charge in [0.15, 0.2) is 15.1 Å². The molecule has 0 fully saturated rings. The van der Waals surface area contributed by atoms with Gasteiger partial charge in [-0.05, 0) is 26.2 Å². The number of sulfone groups is 1. The van der Waals surface area contributed by atoms with Crippen molar-refractivity contribution in [3.05, 3.63) is 0 Å². The van der Waals surface area contributed by atoms with Gasteiger partial charge in [0.2, 0.25) is 0 Å². The minimum absolute atomic E-state index is 0.0463. The molecule has 0 radical (unpaired) electrons. The zero-order valence-corrected chi connectivity index (χ0v) is 10.6. The van der Waals surface area contributed by atoms with Gasteiger partial charge in [0.05, 0.1) is 12.4 Å². The molecular formula is C10H20O4S. The molecule has 0 aromatic rings. The highest BCUT2D eigenvalue weighted by Gasteiger charge is 2.28. The summed E-state index contributed by atoms with van der Waals surface area (Å²) in [7, 11) is -3.35. The van der Waals surface area contributed by atoms with Gasteiger partial charge < -0.3 is 4.74 Å². The molecule has 0 aromatic heterocycles. The van der Waals surface area contributed by atoms with Gasteiger partial charge in [-0.1, -0.05) is 13.8 Å². The van der Waals surface area contributed by atoms with Crippen LogP contribution in [0.5, 0.6) is 0 Å². The maximum atomic E-state index is 11.7. The van der Waals surface area contributed by atoms with Gasteiger partial charge in [0.25, 0.3) is 0 Å². The molecule has 5 heteroatoms. The van der Waals surface area contributed by atoms with Crippen molar-refractivity contribution in [1.29, 1.82) is 0 Å². The smallest absolute Gasteiger partial charge is 0.324 e. The van der Waals surface area contributed by atoms with Crippen LogP contribution in [0, 0.1) is 5.92 Å². The summed E-state index contributed by atoms with van der Waals surface area (Å²) in [5.41, 5.74) is 0. The number of rotatable bonds is 6. The Bertz CT molecular complexity index is 293. The van der Waals surface area contributed by atoms with Crippen molar-refractivity contribution in [2.75, 3.05) is 12.4 Å². The van der Waals surface area contributed by atoms with Crippen LogP contribution < -0.4 is 0 Å². The van der Waals surface area contributed by atoms with E-state index in [9.17, 15) is 13.2 Å². The van der Waals surface area contributed by atoms with Crippen molar-refractivity contribution in [1.82, 2.24) is 0 Å². The molecule has 0 rings (SSSR count). The van der Waals surface area contributed by atoms with Gasteiger partial charge in [-0.15, -0.1) is 0 Å². The average Bonchev–Trinajstić information content (AvgIpc) is 2.14. The predicted molar refractivity (Wildman–Crippen MR) is 59.3 cm³/mol. The summed E-state index contributed by atoms with van der Waals surface area (Å²) in [4.78, 5) is 11.2. The summed E-state index contributed by atoms with van der Waals surface area (Å²) in [5, 5.41) is -1.05. The fraction of sp³-hybridized carbons (Fsp3) is 0.900. The lowest BCUT2D eigenvalue weighted by Gasteiger charge is -2.12. The lowest BCUT2D eigenvalue weighted by atomic mass is 10.2. The fourth-order valence-electron chi connectivity index (χ4n) is 0.983. The molecule has 15 heavy (non-hydrogen) atoms. The van der Waals surface area contributed by atoms with E-state index in [2.05, 4.69) is 4.74 Å². The van der Waals surface area contributed by atoms with Crippen molar-refractivity contribution >= 4 is 15.8 Å². The number of hydrogen-bond donors (Lipinski definition) is 0. The molecular weight excluding hydrogens is 216 g/mol. The third-order valence-corrected chi connectivity index (χ3v) is 4.21. The SMILES string of the molecule is CCOC(=O)C(C)S(=O)(=O)CCC(C)C. The third kappa shape index (κ3) is 5.16. The molecule has 1 atom stereocenters. The van der Waals surface area contributed by atoms with E-state index in [1.165, 1.54) is 6.92 Å². The number of carbonyl (C=O) groups is 1. The number of esters is 1. The standard InChI is InChI=1S/C10H20O4S/c1-5-14-10(11)9(4)15(12,13)7-6-8(2)3/h8-9H,5-7H2,1-4H3. The molecule has 0 aliphatic heterocycles. The Balaban J connectivity index is 4.39. The topological polar surface area (TPSA) is 60.4 Å². The average molecular weight is 236 g/mol. The molecule has 4 nitrogen and oxygen atoms in total. The van der Waals surface area contributed by atoms with Crippen LogP contribution in [0.25, 0.3) is 0 Å². The molecule has 0 heterocycles.